The minimum absolute atomic E-state index is 0.230. The Morgan fingerprint density at radius 3 is 1.89 bits per heavy atom. The quantitative estimate of drug-likeness (QED) is 0.595. The van der Waals surface area contributed by atoms with Gasteiger partial charge in [0, 0.05) is 13.1 Å². The predicted molar refractivity (Wildman–Crippen MR) is 109 cm³/mol. The van der Waals surface area contributed by atoms with Gasteiger partial charge >= 0.3 is 0 Å². The molecule has 0 unspecified atom stereocenters. The molecule has 0 atom stereocenters. The number of hydrogen-bond donors (Lipinski definition) is 2. The molecule has 0 aliphatic heterocycles. The molecule has 0 aliphatic carbocycles. The van der Waals surface area contributed by atoms with E-state index < -0.39 is 0 Å². The van der Waals surface area contributed by atoms with E-state index in [-0.39, 0.29) is 23.2 Å². The van der Waals surface area contributed by atoms with Crippen LogP contribution in [0.5, 0.6) is 0 Å². The lowest BCUT2D eigenvalue weighted by Gasteiger charge is -2.08. The normalized spacial score (nSPS) is 10.3. The van der Waals surface area contributed by atoms with Gasteiger partial charge < -0.3 is 10.6 Å². The molecule has 0 radical (unpaired) electrons. The zero-order chi connectivity index (χ0) is 19.6. The van der Waals surface area contributed by atoms with Crippen molar-refractivity contribution in [3.8, 4) is 0 Å². The molecule has 1 aromatic heterocycles. The maximum Gasteiger partial charge on any atom is 0.270 e. The third-order valence-corrected chi connectivity index (χ3v) is 4.28. The molecule has 5 nitrogen and oxygen atoms in total. The highest BCUT2D eigenvalue weighted by molar-refractivity contribution is 5.96. The van der Waals surface area contributed by atoms with Gasteiger partial charge in [0.1, 0.15) is 11.4 Å². The van der Waals surface area contributed by atoms with Crippen molar-refractivity contribution in [2.75, 3.05) is 6.54 Å². The van der Waals surface area contributed by atoms with Gasteiger partial charge in [0.15, 0.2) is 0 Å². The maximum absolute atomic E-state index is 12.3. The van der Waals surface area contributed by atoms with Crippen LogP contribution in [-0.4, -0.2) is 23.3 Å². The number of hydrogen-bond acceptors (Lipinski definition) is 3. The fraction of sp³-hybridized carbons (Fsp3) is 0.174. The first-order chi connectivity index (χ1) is 13.7. The van der Waals surface area contributed by atoms with Crippen LogP contribution in [0.1, 0.15) is 38.5 Å². The Morgan fingerprint density at radius 2 is 1.25 bits per heavy atom. The molecule has 142 valence electrons. The van der Waals surface area contributed by atoms with Crippen molar-refractivity contribution >= 4 is 11.8 Å². The summed E-state index contributed by atoms with van der Waals surface area (Å²) in [6, 6.07) is 24.7. The number of carbonyl (C=O) groups is 2. The van der Waals surface area contributed by atoms with Crippen molar-refractivity contribution in [3.05, 3.63) is 101 Å². The lowest BCUT2D eigenvalue weighted by molar-refractivity contribution is 0.0942. The fourth-order valence-electron chi connectivity index (χ4n) is 2.79. The second-order valence-electron chi connectivity index (χ2n) is 6.42. The number of aromatic nitrogens is 1. The van der Waals surface area contributed by atoms with Gasteiger partial charge in [-0.25, -0.2) is 4.98 Å². The van der Waals surface area contributed by atoms with E-state index in [1.807, 2.05) is 48.5 Å². The van der Waals surface area contributed by atoms with Crippen LogP contribution in [0.25, 0.3) is 0 Å². The van der Waals surface area contributed by atoms with Gasteiger partial charge in [-0.2, -0.15) is 0 Å². The molecule has 2 amide bonds. The summed E-state index contributed by atoms with van der Waals surface area (Å²) < 4.78 is 0. The Morgan fingerprint density at radius 1 is 0.679 bits per heavy atom. The lowest BCUT2D eigenvalue weighted by Crippen LogP contribution is -2.28. The van der Waals surface area contributed by atoms with E-state index in [2.05, 4.69) is 27.8 Å². The third-order valence-electron chi connectivity index (χ3n) is 4.28. The smallest absolute Gasteiger partial charge is 0.270 e. The Bertz CT molecular complexity index is 911. The number of aryl methyl sites for hydroxylation is 1. The minimum Gasteiger partial charge on any atom is -0.351 e. The molecule has 2 aromatic carbocycles. The largest absolute Gasteiger partial charge is 0.351 e. The first-order valence-electron chi connectivity index (χ1n) is 9.34. The van der Waals surface area contributed by atoms with Crippen LogP contribution in [0.3, 0.4) is 0 Å². The highest BCUT2D eigenvalue weighted by Crippen LogP contribution is 2.04. The molecule has 1 heterocycles. The number of pyridine rings is 1. The van der Waals surface area contributed by atoms with Crippen LogP contribution in [0.15, 0.2) is 78.9 Å². The van der Waals surface area contributed by atoms with Crippen molar-refractivity contribution in [1.82, 2.24) is 15.6 Å². The molecule has 5 heteroatoms. The van der Waals surface area contributed by atoms with Crippen molar-refractivity contribution in [1.29, 1.82) is 0 Å². The molecule has 0 saturated carbocycles. The van der Waals surface area contributed by atoms with Crippen molar-refractivity contribution in [3.63, 3.8) is 0 Å². The Hall–Kier alpha value is -3.47. The van der Waals surface area contributed by atoms with Gasteiger partial charge in [0.05, 0.1) is 0 Å². The highest BCUT2D eigenvalue weighted by Gasteiger charge is 2.12. The van der Waals surface area contributed by atoms with Gasteiger partial charge in [-0.1, -0.05) is 66.7 Å². The second-order valence-corrected chi connectivity index (χ2v) is 6.42. The molecule has 0 saturated heterocycles. The molecule has 0 spiro atoms. The van der Waals surface area contributed by atoms with Crippen LogP contribution < -0.4 is 10.6 Å². The maximum atomic E-state index is 12.3. The van der Waals surface area contributed by atoms with Gasteiger partial charge in [-0.05, 0) is 36.1 Å². The number of amides is 2. The van der Waals surface area contributed by atoms with Crippen LogP contribution in [0.4, 0.5) is 0 Å². The Kier molecular flexibility index (Phi) is 6.90. The number of nitrogens with zero attached hydrogens (tertiary/aromatic N) is 1. The summed E-state index contributed by atoms with van der Waals surface area (Å²) in [6.45, 7) is 0.969. The van der Waals surface area contributed by atoms with Crippen LogP contribution >= 0.6 is 0 Å². The van der Waals surface area contributed by atoms with E-state index in [1.54, 1.807) is 18.2 Å². The molecule has 2 N–H and O–H groups in total. The Labute approximate surface area is 164 Å². The van der Waals surface area contributed by atoms with Gasteiger partial charge in [-0.3, -0.25) is 9.59 Å². The summed E-state index contributed by atoms with van der Waals surface area (Å²) in [6.07, 6.45) is 1.74. The van der Waals surface area contributed by atoms with E-state index in [0.29, 0.717) is 13.1 Å². The number of carbonyl (C=O) groups excluding carboxylic acids is 2. The van der Waals surface area contributed by atoms with Crippen molar-refractivity contribution < 1.29 is 9.59 Å². The SMILES string of the molecule is O=C(NCCCc1ccccc1)c1cccc(C(=O)NCc2ccccc2)n1. The van der Waals surface area contributed by atoms with E-state index in [0.717, 1.165) is 18.4 Å². The average Bonchev–Trinajstić information content (AvgIpc) is 2.76. The standard InChI is InChI=1S/C23H23N3O2/c27-22(24-16-8-13-18-9-3-1-4-10-18)20-14-7-15-21(26-20)23(28)25-17-19-11-5-2-6-12-19/h1-7,9-12,14-15H,8,13,16-17H2,(H,24,27)(H,25,28). The van der Waals surface area contributed by atoms with Crippen LogP contribution in [0.2, 0.25) is 0 Å². The minimum atomic E-state index is -0.303. The van der Waals surface area contributed by atoms with Crippen molar-refractivity contribution in [2.24, 2.45) is 0 Å². The topological polar surface area (TPSA) is 71.1 Å². The summed E-state index contributed by atoms with van der Waals surface area (Å²) in [7, 11) is 0. The van der Waals surface area contributed by atoms with Gasteiger partial charge in [-0.15, -0.1) is 0 Å². The highest BCUT2D eigenvalue weighted by atomic mass is 16.2. The van der Waals surface area contributed by atoms with E-state index in [4.69, 9.17) is 0 Å². The molecule has 0 aliphatic rings. The molecule has 3 rings (SSSR count). The third kappa shape index (κ3) is 5.77. The van der Waals surface area contributed by atoms with Gasteiger partial charge in [0.25, 0.3) is 11.8 Å². The summed E-state index contributed by atoms with van der Waals surface area (Å²) in [5, 5.41) is 5.68. The summed E-state index contributed by atoms with van der Waals surface area (Å²) in [5.74, 6) is -0.576. The number of benzene rings is 2. The monoisotopic (exact) mass is 373 g/mol. The molecule has 28 heavy (non-hydrogen) atoms. The lowest BCUT2D eigenvalue weighted by atomic mass is 10.1. The number of nitrogens with one attached hydrogen (secondary N) is 2. The first-order valence-corrected chi connectivity index (χ1v) is 9.34. The fourth-order valence-corrected chi connectivity index (χ4v) is 2.79. The second kappa shape index (κ2) is 10.0. The summed E-state index contributed by atoms with van der Waals surface area (Å²) in [5.41, 5.74) is 2.72. The summed E-state index contributed by atoms with van der Waals surface area (Å²) in [4.78, 5) is 28.8. The van der Waals surface area contributed by atoms with E-state index in [1.165, 1.54) is 5.56 Å². The first kappa shape index (κ1) is 19.3. The molecular formula is C23H23N3O2. The zero-order valence-electron chi connectivity index (χ0n) is 15.6. The average molecular weight is 373 g/mol. The predicted octanol–water partition coefficient (Wildman–Crippen LogP) is 3.37. The van der Waals surface area contributed by atoms with Crippen LogP contribution in [-0.2, 0) is 13.0 Å². The van der Waals surface area contributed by atoms with E-state index >= 15 is 0 Å². The number of rotatable bonds is 8. The molecule has 0 bridgehead atoms. The Balaban J connectivity index is 1.49. The van der Waals surface area contributed by atoms with E-state index in [9.17, 15) is 9.59 Å². The summed E-state index contributed by atoms with van der Waals surface area (Å²) >= 11 is 0. The molecule has 3 aromatic rings. The van der Waals surface area contributed by atoms with Crippen molar-refractivity contribution in [2.45, 2.75) is 19.4 Å². The molecular weight excluding hydrogens is 350 g/mol. The van der Waals surface area contributed by atoms with Gasteiger partial charge in [0.2, 0.25) is 0 Å². The zero-order valence-corrected chi connectivity index (χ0v) is 15.6. The molecule has 0 fully saturated rings. The van der Waals surface area contributed by atoms with Crippen LogP contribution in [0, 0.1) is 0 Å².